The van der Waals surface area contributed by atoms with E-state index in [1.165, 1.54) is 18.2 Å². The molecule has 8 heteroatoms. The summed E-state index contributed by atoms with van der Waals surface area (Å²) in [5.74, 6) is -1.28. The number of halogens is 2. The lowest BCUT2D eigenvalue weighted by Crippen LogP contribution is -2.55. The van der Waals surface area contributed by atoms with Gasteiger partial charge in [0, 0.05) is 10.7 Å². The molecular weight excluding hydrogens is 363 g/mol. The number of carbonyl (C=O) groups excluding carboxylic acids is 1. The molecule has 0 spiro atoms. The summed E-state index contributed by atoms with van der Waals surface area (Å²) in [4.78, 5) is 12.5. The molecule has 1 aliphatic heterocycles. The van der Waals surface area contributed by atoms with Crippen molar-refractivity contribution in [2.24, 2.45) is 0 Å². The van der Waals surface area contributed by atoms with Gasteiger partial charge in [-0.2, -0.15) is 0 Å². The number of rotatable bonds is 3. The summed E-state index contributed by atoms with van der Waals surface area (Å²) >= 11 is 3.19. The second-order valence-electron chi connectivity index (χ2n) is 5.09. The number of nitrogens with one attached hydrogen (secondary N) is 2. The third kappa shape index (κ3) is 3.27. The van der Waals surface area contributed by atoms with Crippen molar-refractivity contribution in [1.82, 2.24) is 5.32 Å². The Balaban J connectivity index is 2.34. The molecule has 1 aromatic rings. The van der Waals surface area contributed by atoms with Crippen molar-refractivity contribution in [3.05, 3.63) is 28.5 Å². The molecular formula is C13H16BrFN2O3S. The maximum absolute atomic E-state index is 13.7. The minimum Gasteiger partial charge on any atom is -0.322 e. The largest absolute Gasteiger partial charge is 0.322 e. The lowest BCUT2D eigenvalue weighted by atomic mass is 9.95. The van der Waals surface area contributed by atoms with Crippen LogP contribution in [0.15, 0.2) is 22.7 Å². The Bertz CT molecular complexity index is 657. The van der Waals surface area contributed by atoms with Gasteiger partial charge in [0.25, 0.3) is 0 Å². The van der Waals surface area contributed by atoms with Gasteiger partial charge in [-0.25, -0.2) is 12.8 Å². The van der Waals surface area contributed by atoms with Gasteiger partial charge < -0.3 is 10.6 Å². The number of anilines is 1. The molecule has 0 bridgehead atoms. The van der Waals surface area contributed by atoms with Crippen LogP contribution in [0.5, 0.6) is 0 Å². The van der Waals surface area contributed by atoms with Gasteiger partial charge in [-0.3, -0.25) is 4.79 Å². The van der Waals surface area contributed by atoms with Crippen molar-refractivity contribution in [3.8, 4) is 0 Å². The Kier molecular flexibility index (Phi) is 4.69. The normalized spacial score (nSPS) is 18.2. The highest BCUT2D eigenvalue weighted by atomic mass is 79.9. The summed E-state index contributed by atoms with van der Waals surface area (Å²) in [6.07, 6.45) is 1.40. The van der Waals surface area contributed by atoms with Crippen LogP contribution in [0.3, 0.4) is 0 Å². The van der Waals surface area contributed by atoms with Crippen LogP contribution in [-0.4, -0.2) is 38.4 Å². The Morgan fingerprint density at radius 1 is 1.38 bits per heavy atom. The van der Waals surface area contributed by atoms with E-state index < -0.39 is 26.3 Å². The highest BCUT2D eigenvalue weighted by Crippen LogP contribution is 2.30. The molecule has 2 N–H and O–H groups in total. The molecule has 0 unspecified atom stereocenters. The first-order valence-corrected chi connectivity index (χ1v) is 9.11. The molecule has 2 rings (SSSR count). The predicted molar refractivity (Wildman–Crippen MR) is 82.4 cm³/mol. The molecule has 0 saturated carbocycles. The molecule has 21 heavy (non-hydrogen) atoms. The fourth-order valence-electron chi connectivity index (χ4n) is 2.43. The molecule has 1 aliphatic rings. The maximum atomic E-state index is 13.7. The van der Waals surface area contributed by atoms with Crippen LogP contribution in [0, 0.1) is 5.82 Å². The van der Waals surface area contributed by atoms with Crippen molar-refractivity contribution in [1.29, 1.82) is 0 Å². The third-order valence-corrected chi connectivity index (χ3v) is 6.22. The molecule has 0 radical (unpaired) electrons. The summed E-state index contributed by atoms with van der Waals surface area (Å²) in [5, 5.41) is 5.44. The van der Waals surface area contributed by atoms with Gasteiger partial charge in [-0.05, 0) is 44.1 Å². The highest BCUT2D eigenvalue weighted by Gasteiger charge is 2.48. The van der Waals surface area contributed by atoms with Crippen LogP contribution in [0.1, 0.15) is 12.8 Å². The van der Waals surface area contributed by atoms with Gasteiger partial charge in [-0.15, -0.1) is 0 Å². The molecule has 1 heterocycles. The van der Waals surface area contributed by atoms with Gasteiger partial charge in [-0.1, -0.05) is 15.9 Å². The van der Waals surface area contributed by atoms with E-state index in [4.69, 9.17) is 0 Å². The summed E-state index contributed by atoms with van der Waals surface area (Å²) in [7, 11) is -3.62. The van der Waals surface area contributed by atoms with Crippen molar-refractivity contribution < 1.29 is 17.6 Å². The van der Waals surface area contributed by atoms with E-state index in [9.17, 15) is 17.6 Å². The first kappa shape index (κ1) is 16.4. The zero-order valence-electron chi connectivity index (χ0n) is 11.4. The van der Waals surface area contributed by atoms with E-state index in [0.717, 1.165) is 6.26 Å². The lowest BCUT2D eigenvalue weighted by molar-refractivity contribution is -0.119. The second kappa shape index (κ2) is 6.02. The van der Waals surface area contributed by atoms with Crippen LogP contribution >= 0.6 is 15.9 Å². The Labute approximate surface area is 131 Å². The second-order valence-corrected chi connectivity index (χ2v) is 8.34. The van der Waals surface area contributed by atoms with Crippen LogP contribution in [0.2, 0.25) is 0 Å². The SMILES string of the molecule is CS(=O)(=O)C1(C(=O)Nc2cc(Br)ccc2F)CCNCC1. The summed E-state index contributed by atoms with van der Waals surface area (Å²) in [5.41, 5.74) is -0.0315. The number of piperidine rings is 1. The zero-order valence-corrected chi connectivity index (χ0v) is 13.9. The molecule has 5 nitrogen and oxygen atoms in total. The number of hydrogen-bond acceptors (Lipinski definition) is 4. The molecule has 116 valence electrons. The van der Waals surface area contributed by atoms with Gasteiger partial charge in [0.15, 0.2) is 14.6 Å². The molecule has 0 aliphatic carbocycles. The Morgan fingerprint density at radius 2 is 2.00 bits per heavy atom. The van der Waals surface area contributed by atoms with Gasteiger partial charge in [0.2, 0.25) is 5.91 Å². The van der Waals surface area contributed by atoms with Crippen molar-refractivity contribution in [3.63, 3.8) is 0 Å². The predicted octanol–water partition coefficient (Wildman–Crippen LogP) is 1.69. The lowest BCUT2D eigenvalue weighted by Gasteiger charge is -2.34. The monoisotopic (exact) mass is 378 g/mol. The third-order valence-electron chi connectivity index (χ3n) is 3.71. The average molecular weight is 379 g/mol. The van der Waals surface area contributed by atoms with Crippen molar-refractivity contribution in [2.45, 2.75) is 17.6 Å². The van der Waals surface area contributed by atoms with E-state index >= 15 is 0 Å². The number of hydrogen-bond donors (Lipinski definition) is 2. The fourth-order valence-corrected chi connectivity index (χ4v) is 4.12. The molecule has 1 fully saturated rings. The zero-order chi connectivity index (χ0) is 15.7. The van der Waals surface area contributed by atoms with Crippen LogP contribution < -0.4 is 10.6 Å². The first-order valence-electron chi connectivity index (χ1n) is 6.43. The van der Waals surface area contributed by atoms with Crippen LogP contribution in [0.25, 0.3) is 0 Å². The highest BCUT2D eigenvalue weighted by molar-refractivity contribution is 9.10. The summed E-state index contributed by atoms with van der Waals surface area (Å²) in [6.45, 7) is 0.864. The molecule has 0 aromatic heterocycles. The maximum Gasteiger partial charge on any atom is 0.246 e. The van der Waals surface area contributed by atoms with E-state index in [1.807, 2.05) is 0 Å². The smallest absolute Gasteiger partial charge is 0.246 e. The van der Waals surface area contributed by atoms with Gasteiger partial charge in [0.1, 0.15) is 5.82 Å². The summed E-state index contributed by atoms with van der Waals surface area (Å²) < 4.78 is 37.0. The average Bonchev–Trinajstić information content (AvgIpc) is 2.42. The molecule has 0 atom stereocenters. The Hall–Kier alpha value is -0.990. The number of amides is 1. The van der Waals surface area contributed by atoms with Crippen molar-refractivity contribution in [2.75, 3.05) is 24.7 Å². The fraction of sp³-hybridized carbons (Fsp3) is 0.462. The number of sulfone groups is 1. The number of carbonyl (C=O) groups is 1. The van der Waals surface area contributed by atoms with Crippen LogP contribution in [-0.2, 0) is 14.6 Å². The van der Waals surface area contributed by atoms with Crippen molar-refractivity contribution >= 4 is 37.4 Å². The standard InChI is InChI=1S/C13H16BrFN2O3S/c1-21(19,20)13(4-6-16-7-5-13)12(18)17-11-8-9(14)2-3-10(11)15/h2-3,8,16H,4-7H2,1H3,(H,17,18). The summed E-state index contributed by atoms with van der Waals surface area (Å²) in [6, 6.07) is 4.11. The van der Waals surface area contributed by atoms with Gasteiger partial charge >= 0.3 is 0 Å². The van der Waals surface area contributed by atoms with E-state index in [0.29, 0.717) is 17.6 Å². The topological polar surface area (TPSA) is 75.3 Å². The quantitative estimate of drug-likeness (QED) is 0.838. The van der Waals surface area contributed by atoms with Crippen LogP contribution in [0.4, 0.5) is 10.1 Å². The van der Waals surface area contributed by atoms with E-state index in [1.54, 1.807) is 0 Å². The minimum absolute atomic E-state index is 0.0315. The molecule has 1 saturated heterocycles. The Morgan fingerprint density at radius 3 is 2.57 bits per heavy atom. The molecule has 1 aromatic carbocycles. The molecule has 1 amide bonds. The number of benzene rings is 1. The van der Waals surface area contributed by atoms with E-state index in [2.05, 4.69) is 26.6 Å². The first-order chi connectivity index (χ1) is 9.76. The van der Waals surface area contributed by atoms with E-state index in [-0.39, 0.29) is 18.5 Å². The minimum atomic E-state index is -3.62. The van der Waals surface area contributed by atoms with Gasteiger partial charge in [0.05, 0.1) is 5.69 Å².